The quantitative estimate of drug-likeness (QED) is 0.513. The lowest BCUT2D eigenvalue weighted by molar-refractivity contribution is -0.117. The third-order valence-electron chi connectivity index (χ3n) is 6.07. The van der Waals surface area contributed by atoms with E-state index in [1.807, 2.05) is 46.7 Å². The van der Waals surface area contributed by atoms with Crippen molar-refractivity contribution in [1.29, 1.82) is 0 Å². The average Bonchev–Trinajstić information content (AvgIpc) is 3.36. The minimum atomic E-state index is -0.123. The molecule has 1 aromatic heterocycles. The van der Waals surface area contributed by atoms with Gasteiger partial charge in [0.25, 0.3) is 5.91 Å². The summed E-state index contributed by atoms with van der Waals surface area (Å²) >= 11 is 1.37. The van der Waals surface area contributed by atoms with E-state index >= 15 is 0 Å². The number of hydrogen-bond acceptors (Lipinski definition) is 7. The highest BCUT2D eigenvalue weighted by atomic mass is 32.1. The molecule has 1 aliphatic rings. The fourth-order valence-corrected chi connectivity index (χ4v) is 4.73. The monoisotopic (exact) mass is 494 g/mol. The van der Waals surface area contributed by atoms with Crippen LogP contribution in [0.5, 0.6) is 11.5 Å². The maximum absolute atomic E-state index is 12.8. The SMILES string of the molecule is CCc1ccc(C(=O)N2CCN(CC(=O)Nc3nc(-c4ccc(OC)cc4OC)cs3)CC2)cc1. The highest BCUT2D eigenvalue weighted by Crippen LogP contribution is 2.34. The number of ether oxygens (including phenoxy) is 2. The van der Waals surface area contributed by atoms with E-state index in [0.29, 0.717) is 48.4 Å². The number of anilines is 1. The van der Waals surface area contributed by atoms with Crippen molar-refractivity contribution in [2.45, 2.75) is 13.3 Å². The molecule has 2 heterocycles. The fraction of sp³-hybridized carbons (Fsp3) is 0.346. The number of thiazole rings is 1. The van der Waals surface area contributed by atoms with Gasteiger partial charge in [0.1, 0.15) is 11.5 Å². The van der Waals surface area contributed by atoms with Gasteiger partial charge >= 0.3 is 0 Å². The maximum Gasteiger partial charge on any atom is 0.253 e. The lowest BCUT2D eigenvalue weighted by Crippen LogP contribution is -2.50. The highest BCUT2D eigenvalue weighted by Gasteiger charge is 2.23. The molecule has 0 aliphatic carbocycles. The Labute approximate surface area is 209 Å². The smallest absolute Gasteiger partial charge is 0.253 e. The first-order valence-electron chi connectivity index (χ1n) is 11.6. The number of hydrogen-bond donors (Lipinski definition) is 1. The molecule has 8 nitrogen and oxygen atoms in total. The molecule has 1 aliphatic heterocycles. The van der Waals surface area contributed by atoms with Crippen LogP contribution >= 0.6 is 11.3 Å². The number of nitrogens with zero attached hydrogens (tertiary/aromatic N) is 3. The van der Waals surface area contributed by atoms with Crippen molar-refractivity contribution >= 4 is 28.3 Å². The standard InChI is InChI=1S/C26H30N4O4S/c1-4-18-5-7-19(8-6-18)25(32)30-13-11-29(12-14-30)16-24(31)28-26-27-22(17-35-26)21-10-9-20(33-2)15-23(21)34-3/h5-10,15,17H,4,11-14,16H2,1-3H3,(H,27,28,31). The van der Waals surface area contributed by atoms with E-state index in [1.54, 1.807) is 20.3 Å². The Bertz CT molecular complexity index is 1170. The van der Waals surface area contributed by atoms with Gasteiger partial charge in [-0.25, -0.2) is 4.98 Å². The molecule has 0 saturated carbocycles. The number of amides is 2. The van der Waals surface area contributed by atoms with Gasteiger partial charge in [-0.15, -0.1) is 11.3 Å². The van der Waals surface area contributed by atoms with Crippen LogP contribution in [0.3, 0.4) is 0 Å². The average molecular weight is 495 g/mol. The second-order valence-electron chi connectivity index (χ2n) is 8.27. The third-order valence-corrected chi connectivity index (χ3v) is 6.83. The first kappa shape index (κ1) is 24.7. The van der Waals surface area contributed by atoms with Gasteiger partial charge in [0.05, 0.1) is 26.5 Å². The lowest BCUT2D eigenvalue weighted by atomic mass is 10.1. The van der Waals surface area contributed by atoms with E-state index in [4.69, 9.17) is 9.47 Å². The maximum atomic E-state index is 12.8. The van der Waals surface area contributed by atoms with Gasteiger partial charge in [-0.05, 0) is 36.2 Å². The second kappa shape index (κ2) is 11.3. The Morgan fingerprint density at radius 1 is 1.03 bits per heavy atom. The molecule has 0 radical (unpaired) electrons. The van der Waals surface area contributed by atoms with Crippen molar-refractivity contribution in [2.75, 3.05) is 52.3 Å². The van der Waals surface area contributed by atoms with Crippen LogP contribution < -0.4 is 14.8 Å². The minimum absolute atomic E-state index is 0.0426. The molecule has 3 aromatic rings. The van der Waals surface area contributed by atoms with Gasteiger partial charge in [-0.1, -0.05) is 19.1 Å². The zero-order valence-electron chi connectivity index (χ0n) is 20.2. The molecule has 1 fully saturated rings. The summed E-state index contributed by atoms with van der Waals surface area (Å²) in [4.78, 5) is 33.9. The van der Waals surface area contributed by atoms with Crippen LogP contribution in [0.25, 0.3) is 11.3 Å². The topological polar surface area (TPSA) is 84.0 Å². The number of carbonyl (C=O) groups excluding carboxylic acids is 2. The van der Waals surface area contributed by atoms with Crippen LogP contribution in [-0.4, -0.2) is 73.5 Å². The summed E-state index contributed by atoms with van der Waals surface area (Å²) in [6.45, 7) is 4.85. The predicted octanol–water partition coefficient (Wildman–Crippen LogP) is 3.79. The first-order valence-corrected chi connectivity index (χ1v) is 12.5. The van der Waals surface area contributed by atoms with Crippen molar-refractivity contribution < 1.29 is 19.1 Å². The Kier molecular flexibility index (Phi) is 7.99. The van der Waals surface area contributed by atoms with Gasteiger partial charge in [0.15, 0.2) is 5.13 Å². The van der Waals surface area contributed by atoms with Crippen LogP contribution in [-0.2, 0) is 11.2 Å². The molecular weight excluding hydrogens is 464 g/mol. The molecule has 0 unspecified atom stereocenters. The Morgan fingerprint density at radius 2 is 1.77 bits per heavy atom. The van der Waals surface area contributed by atoms with E-state index in [2.05, 4.69) is 22.1 Å². The molecule has 9 heteroatoms. The molecule has 35 heavy (non-hydrogen) atoms. The van der Waals surface area contributed by atoms with Gasteiger partial charge in [0, 0.05) is 48.8 Å². The number of benzene rings is 2. The molecule has 4 rings (SSSR count). The van der Waals surface area contributed by atoms with Gasteiger partial charge in [-0.3, -0.25) is 14.5 Å². The van der Waals surface area contributed by atoms with E-state index < -0.39 is 0 Å². The summed E-state index contributed by atoms with van der Waals surface area (Å²) in [5.74, 6) is 1.27. The van der Waals surface area contributed by atoms with Crippen LogP contribution in [0.15, 0.2) is 47.8 Å². The molecular formula is C26H30N4O4S. The molecule has 2 aromatic carbocycles. The van der Waals surface area contributed by atoms with Crippen molar-refractivity contribution in [3.05, 3.63) is 59.0 Å². The summed E-state index contributed by atoms with van der Waals surface area (Å²) in [6.07, 6.45) is 0.952. The second-order valence-corrected chi connectivity index (χ2v) is 9.13. The molecule has 2 amide bonds. The normalized spacial score (nSPS) is 14.0. The fourth-order valence-electron chi connectivity index (χ4n) is 4.00. The van der Waals surface area contributed by atoms with Crippen molar-refractivity contribution in [1.82, 2.24) is 14.8 Å². The summed E-state index contributed by atoms with van der Waals surface area (Å²) in [5.41, 5.74) is 3.48. The van der Waals surface area contributed by atoms with Crippen LogP contribution in [0, 0.1) is 0 Å². The number of nitrogens with one attached hydrogen (secondary N) is 1. The number of rotatable bonds is 8. The van der Waals surface area contributed by atoms with Crippen LogP contribution in [0.2, 0.25) is 0 Å². The minimum Gasteiger partial charge on any atom is -0.497 e. The number of methoxy groups -OCH3 is 2. The van der Waals surface area contributed by atoms with Crippen molar-refractivity contribution in [3.8, 4) is 22.8 Å². The van der Waals surface area contributed by atoms with Crippen molar-refractivity contribution in [2.24, 2.45) is 0 Å². The first-order chi connectivity index (χ1) is 17.0. The number of aryl methyl sites for hydroxylation is 1. The summed E-state index contributed by atoms with van der Waals surface area (Å²) in [5, 5.41) is 5.31. The largest absolute Gasteiger partial charge is 0.497 e. The van der Waals surface area contributed by atoms with Gasteiger partial charge in [0.2, 0.25) is 5.91 Å². The number of carbonyl (C=O) groups is 2. The molecule has 1 saturated heterocycles. The molecule has 0 bridgehead atoms. The van der Waals surface area contributed by atoms with E-state index in [0.717, 1.165) is 17.7 Å². The lowest BCUT2D eigenvalue weighted by Gasteiger charge is -2.34. The number of aromatic nitrogens is 1. The molecule has 0 atom stereocenters. The predicted molar refractivity (Wildman–Crippen MR) is 137 cm³/mol. The Hall–Kier alpha value is -3.43. The van der Waals surface area contributed by atoms with Crippen LogP contribution in [0.1, 0.15) is 22.8 Å². The Morgan fingerprint density at radius 3 is 2.43 bits per heavy atom. The zero-order chi connectivity index (χ0) is 24.8. The van der Waals surface area contributed by atoms with Crippen LogP contribution in [0.4, 0.5) is 5.13 Å². The van der Waals surface area contributed by atoms with Gasteiger partial charge < -0.3 is 19.7 Å². The summed E-state index contributed by atoms with van der Waals surface area (Å²) < 4.78 is 10.7. The molecule has 0 spiro atoms. The third kappa shape index (κ3) is 5.98. The summed E-state index contributed by atoms with van der Waals surface area (Å²) in [7, 11) is 3.20. The van der Waals surface area contributed by atoms with Crippen molar-refractivity contribution in [3.63, 3.8) is 0 Å². The van der Waals surface area contributed by atoms with E-state index in [9.17, 15) is 9.59 Å². The molecule has 184 valence electrons. The van der Waals surface area contributed by atoms with Gasteiger partial charge in [-0.2, -0.15) is 0 Å². The molecule has 1 N–H and O–H groups in total. The zero-order valence-corrected chi connectivity index (χ0v) is 21.1. The summed E-state index contributed by atoms with van der Waals surface area (Å²) in [6, 6.07) is 13.3. The van der Waals surface area contributed by atoms with E-state index in [1.165, 1.54) is 16.9 Å². The Balaban J connectivity index is 1.28. The number of piperazine rings is 1. The highest BCUT2D eigenvalue weighted by molar-refractivity contribution is 7.14. The van der Waals surface area contributed by atoms with E-state index in [-0.39, 0.29) is 18.4 Å².